The van der Waals surface area contributed by atoms with E-state index in [4.69, 9.17) is 4.52 Å². The molecular weight excluding hydrogens is 276 g/mol. The Kier molecular flexibility index (Phi) is 4.55. The number of hydrogen-bond donors (Lipinski definition) is 0. The molecule has 3 rings (SSSR count). The van der Waals surface area contributed by atoms with Gasteiger partial charge in [-0.3, -0.25) is 4.90 Å². The minimum atomic E-state index is 0.683. The van der Waals surface area contributed by atoms with Crippen LogP contribution < -0.4 is 0 Å². The van der Waals surface area contributed by atoms with E-state index in [1.165, 1.54) is 12.0 Å². The molecule has 0 radical (unpaired) electrons. The molecule has 0 unspecified atom stereocenters. The highest BCUT2D eigenvalue weighted by Gasteiger charge is 2.24. The van der Waals surface area contributed by atoms with E-state index in [-0.39, 0.29) is 0 Å². The van der Waals surface area contributed by atoms with Gasteiger partial charge in [-0.15, -0.1) is 0 Å². The van der Waals surface area contributed by atoms with Gasteiger partial charge >= 0.3 is 0 Å². The fourth-order valence-corrected chi connectivity index (χ4v) is 3.13. The maximum absolute atomic E-state index is 5.42. The summed E-state index contributed by atoms with van der Waals surface area (Å²) in [5.41, 5.74) is 2.22. The number of rotatable bonds is 5. The van der Waals surface area contributed by atoms with Crippen molar-refractivity contribution in [1.29, 1.82) is 0 Å². The predicted molar refractivity (Wildman–Crippen MR) is 86.4 cm³/mol. The zero-order valence-corrected chi connectivity index (χ0v) is 13.6. The van der Waals surface area contributed by atoms with Gasteiger partial charge in [-0.1, -0.05) is 28.9 Å². The summed E-state index contributed by atoms with van der Waals surface area (Å²) in [6.07, 6.45) is 1.25. The third-order valence-electron chi connectivity index (χ3n) is 4.10. The largest absolute Gasteiger partial charge is 0.338 e. The summed E-state index contributed by atoms with van der Waals surface area (Å²) in [5.74, 6) is 2.14. The highest BCUT2D eigenvalue weighted by Crippen LogP contribution is 2.21. The summed E-state index contributed by atoms with van der Waals surface area (Å²) in [7, 11) is 4.27. The summed E-state index contributed by atoms with van der Waals surface area (Å²) in [5, 5.41) is 4.12. The van der Waals surface area contributed by atoms with Gasteiger partial charge in [0.25, 0.3) is 0 Å². The molecule has 0 bridgehead atoms. The summed E-state index contributed by atoms with van der Waals surface area (Å²) in [6, 6.07) is 8.19. The van der Waals surface area contributed by atoms with Crippen molar-refractivity contribution in [3.63, 3.8) is 0 Å². The Bertz CT molecular complexity index is 623. The highest BCUT2D eigenvalue weighted by atomic mass is 16.5. The lowest BCUT2D eigenvalue weighted by Gasteiger charge is -2.16. The Morgan fingerprint density at radius 2 is 2.23 bits per heavy atom. The van der Waals surface area contributed by atoms with Gasteiger partial charge < -0.3 is 9.42 Å². The molecule has 2 aromatic rings. The topological polar surface area (TPSA) is 45.4 Å². The zero-order chi connectivity index (χ0) is 15.5. The Labute approximate surface area is 131 Å². The summed E-state index contributed by atoms with van der Waals surface area (Å²) in [6.45, 7) is 6.19. The van der Waals surface area contributed by atoms with E-state index in [0.717, 1.165) is 37.7 Å². The summed E-state index contributed by atoms with van der Waals surface area (Å²) in [4.78, 5) is 9.21. The number of likely N-dealkylation sites (tertiary alicyclic amines) is 1. The molecule has 0 amide bonds. The molecule has 22 heavy (non-hydrogen) atoms. The van der Waals surface area contributed by atoms with Gasteiger partial charge in [0.2, 0.25) is 11.7 Å². The van der Waals surface area contributed by atoms with E-state index in [1.807, 2.05) is 12.1 Å². The van der Waals surface area contributed by atoms with E-state index in [9.17, 15) is 0 Å². The first-order valence-corrected chi connectivity index (χ1v) is 7.87. The maximum Gasteiger partial charge on any atom is 0.241 e. The predicted octanol–water partition coefficient (Wildman–Crippen LogP) is 2.43. The Balaban J connectivity index is 1.61. The van der Waals surface area contributed by atoms with Crippen molar-refractivity contribution in [1.82, 2.24) is 19.9 Å². The van der Waals surface area contributed by atoms with Crippen LogP contribution in [0.3, 0.4) is 0 Å². The monoisotopic (exact) mass is 300 g/mol. The van der Waals surface area contributed by atoms with Crippen molar-refractivity contribution < 1.29 is 4.52 Å². The van der Waals surface area contributed by atoms with Crippen LogP contribution in [0.4, 0.5) is 0 Å². The average Bonchev–Trinajstić information content (AvgIpc) is 3.08. The maximum atomic E-state index is 5.42. The third-order valence-corrected chi connectivity index (χ3v) is 4.10. The average molecular weight is 300 g/mol. The van der Waals surface area contributed by atoms with Crippen LogP contribution in [0, 0.1) is 12.8 Å². The lowest BCUT2D eigenvalue weighted by Crippen LogP contribution is -2.25. The molecular formula is C17H24N4O. The fraction of sp³-hybridized carbons (Fsp3) is 0.529. The van der Waals surface area contributed by atoms with Crippen LogP contribution in [-0.2, 0) is 6.54 Å². The van der Waals surface area contributed by atoms with Gasteiger partial charge in [-0.25, -0.2) is 0 Å². The van der Waals surface area contributed by atoms with E-state index in [1.54, 1.807) is 0 Å². The minimum absolute atomic E-state index is 0.683. The molecule has 5 nitrogen and oxygen atoms in total. The highest BCUT2D eigenvalue weighted by molar-refractivity contribution is 5.55. The van der Waals surface area contributed by atoms with Crippen LogP contribution in [0.1, 0.15) is 17.9 Å². The first-order valence-electron chi connectivity index (χ1n) is 7.87. The second-order valence-corrected chi connectivity index (χ2v) is 6.53. The fourth-order valence-electron chi connectivity index (χ4n) is 3.13. The van der Waals surface area contributed by atoms with Crippen LogP contribution in [0.25, 0.3) is 11.4 Å². The van der Waals surface area contributed by atoms with E-state index in [0.29, 0.717) is 11.7 Å². The normalized spacial score (nSPS) is 19.2. The van der Waals surface area contributed by atoms with Crippen LogP contribution >= 0.6 is 0 Å². The SMILES string of the molecule is Cc1cccc(-c2noc(CN3CC[C@@H](CN(C)C)C3)n2)c1. The van der Waals surface area contributed by atoms with E-state index in [2.05, 4.69) is 53.1 Å². The second-order valence-electron chi connectivity index (χ2n) is 6.53. The van der Waals surface area contributed by atoms with Gasteiger partial charge in [0.15, 0.2) is 0 Å². The molecule has 2 heterocycles. The van der Waals surface area contributed by atoms with Crippen LogP contribution in [0.5, 0.6) is 0 Å². The number of benzene rings is 1. The van der Waals surface area contributed by atoms with E-state index >= 15 is 0 Å². The van der Waals surface area contributed by atoms with Crippen molar-refractivity contribution in [3.8, 4) is 11.4 Å². The molecule has 0 saturated carbocycles. The van der Waals surface area contributed by atoms with Gasteiger partial charge in [0, 0.05) is 18.7 Å². The van der Waals surface area contributed by atoms with Crippen LogP contribution in [0.2, 0.25) is 0 Å². The molecule has 0 spiro atoms. The second kappa shape index (κ2) is 6.58. The first-order chi connectivity index (χ1) is 10.6. The lowest BCUT2D eigenvalue weighted by molar-refractivity contribution is 0.250. The lowest BCUT2D eigenvalue weighted by atomic mass is 10.1. The molecule has 1 saturated heterocycles. The zero-order valence-electron chi connectivity index (χ0n) is 13.6. The van der Waals surface area contributed by atoms with Gasteiger partial charge in [-0.2, -0.15) is 4.98 Å². The number of aryl methyl sites for hydroxylation is 1. The van der Waals surface area contributed by atoms with Gasteiger partial charge in [0.05, 0.1) is 6.54 Å². The first kappa shape index (κ1) is 15.2. The Morgan fingerprint density at radius 3 is 3.00 bits per heavy atom. The Morgan fingerprint density at radius 1 is 1.36 bits per heavy atom. The molecule has 0 N–H and O–H groups in total. The van der Waals surface area contributed by atoms with Crippen molar-refractivity contribution in [2.45, 2.75) is 19.9 Å². The number of aromatic nitrogens is 2. The number of nitrogens with zero attached hydrogens (tertiary/aromatic N) is 4. The molecule has 1 aliphatic heterocycles. The molecule has 1 fully saturated rings. The van der Waals surface area contributed by atoms with Crippen molar-refractivity contribution in [2.75, 3.05) is 33.7 Å². The van der Waals surface area contributed by atoms with Gasteiger partial charge in [-0.05, 0) is 46.0 Å². The van der Waals surface area contributed by atoms with Crippen molar-refractivity contribution in [3.05, 3.63) is 35.7 Å². The van der Waals surface area contributed by atoms with Crippen molar-refractivity contribution >= 4 is 0 Å². The minimum Gasteiger partial charge on any atom is -0.338 e. The standard InChI is InChI=1S/C17H24N4O/c1-13-5-4-6-15(9-13)17-18-16(22-19-17)12-21-8-7-14(11-21)10-20(2)3/h4-6,9,14H,7-8,10-12H2,1-3H3/t14-/m0/s1. The molecule has 1 aliphatic rings. The van der Waals surface area contributed by atoms with E-state index < -0.39 is 0 Å². The molecule has 118 valence electrons. The smallest absolute Gasteiger partial charge is 0.241 e. The molecule has 1 aromatic heterocycles. The molecule has 1 aromatic carbocycles. The van der Waals surface area contributed by atoms with Gasteiger partial charge in [0.1, 0.15) is 0 Å². The quantitative estimate of drug-likeness (QED) is 0.848. The van der Waals surface area contributed by atoms with Crippen molar-refractivity contribution in [2.24, 2.45) is 5.92 Å². The summed E-state index contributed by atoms with van der Waals surface area (Å²) < 4.78 is 5.42. The summed E-state index contributed by atoms with van der Waals surface area (Å²) >= 11 is 0. The molecule has 0 aliphatic carbocycles. The molecule has 1 atom stereocenters. The third kappa shape index (κ3) is 3.72. The number of hydrogen-bond acceptors (Lipinski definition) is 5. The van der Waals surface area contributed by atoms with Crippen LogP contribution in [-0.4, -0.2) is 53.7 Å². The Hall–Kier alpha value is -1.72. The van der Waals surface area contributed by atoms with Crippen LogP contribution in [0.15, 0.2) is 28.8 Å². The molecule has 5 heteroatoms.